The van der Waals surface area contributed by atoms with Gasteiger partial charge in [-0.05, 0) is 86.4 Å². The van der Waals surface area contributed by atoms with E-state index in [2.05, 4.69) is 0 Å². The van der Waals surface area contributed by atoms with Gasteiger partial charge in [-0.2, -0.15) is 0 Å². The number of rotatable bonds is 2. The average Bonchev–Trinajstić information content (AvgIpc) is 3.08. The molecule has 19 heavy (non-hydrogen) atoms. The van der Waals surface area contributed by atoms with E-state index >= 15 is 0 Å². The monoisotopic (exact) mass is 278 g/mol. The number of hydrogen-bond donors (Lipinski definition) is 0. The summed E-state index contributed by atoms with van der Waals surface area (Å²) in [6.07, 6.45) is 19.0. The molecule has 4 aliphatic rings. The molecule has 6 unspecified atom stereocenters. The van der Waals surface area contributed by atoms with Crippen molar-refractivity contribution >= 4 is 8.58 Å². The van der Waals surface area contributed by atoms with E-state index < -0.39 is 0 Å². The second-order valence-corrected chi connectivity index (χ2v) is 9.64. The normalized spacial score (nSPS) is 51.2. The molecule has 0 aromatic rings. The fraction of sp³-hybridized carbons (Fsp3) is 1.00. The molecule has 1 aliphatic heterocycles. The Hall–Kier alpha value is 0.430. The standard InChI is InChI=1S/C18H31P/c1-3-9-16-14(7-1)15-8-2-4-10-17(15)18(16)12-13-6-5-11-19-13/h13-19H,1-12H2. The van der Waals surface area contributed by atoms with E-state index in [0.29, 0.717) is 0 Å². The molecule has 0 radical (unpaired) electrons. The highest BCUT2D eigenvalue weighted by Gasteiger charge is 2.50. The molecular weight excluding hydrogens is 247 g/mol. The largest absolute Gasteiger partial charge is 0.119 e. The molecule has 0 N–H and O–H groups in total. The van der Waals surface area contributed by atoms with Crippen molar-refractivity contribution in [2.75, 3.05) is 6.16 Å². The maximum atomic E-state index is 1.65. The Labute approximate surface area is 121 Å². The fourth-order valence-corrected chi connectivity index (χ4v) is 8.12. The first-order valence-corrected chi connectivity index (χ1v) is 10.5. The van der Waals surface area contributed by atoms with E-state index in [1.165, 1.54) is 38.2 Å². The Morgan fingerprint density at radius 1 is 0.632 bits per heavy atom. The molecular formula is C18H31P. The van der Waals surface area contributed by atoms with E-state index in [0.717, 1.165) is 5.66 Å². The predicted molar refractivity (Wildman–Crippen MR) is 85.2 cm³/mol. The van der Waals surface area contributed by atoms with Gasteiger partial charge in [-0.15, -0.1) is 8.58 Å². The summed E-state index contributed by atoms with van der Waals surface area (Å²) in [5.41, 5.74) is 1.16. The highest BCUT2D eigenvalue weighted by atomic mass is 31.1. The average molecular weight is 278 g/mol. The van der Waals surface area contributed by atoms with Crippen LogP contribution < -0.4 is 0 Å². The molecule has 108 valence electrons. The van der Waals surface area contributed by atoms with Gasteiger partial charge in [0.2, 0.25) is 0 Å². The van der Waals surface area contributed by atoms with E-state index in [-0.39, 0.29) is 0 Å². The first-order chi connectivity index (χ1) is 9.43. The van der Waals surface area contributed by atoms with Gasteiger partial charge in [0.25, 0.3) is 0 Å². The highest BCUT2D eigenvalue weighted by molar-refractivity contribution is 7.39. The third-order valence-corrected chi connectivity index (χ3v) is 8.86. The third-order valence-electron chi connectivity index (χ3n) is 7.12. The summed E-state index contributed by atoms with van der Waals surface area (Å²) in [7, 11) is 1.33. The van der Waals surface area contributed by atoms with E-state index in [4.69, 9.17) is 0 Å². The maximum Gasteiger partial charge on any atom is -0.0234 e. The minimum Gasteiger partial charge on any atom is -0.119 e. The second kappa shape index (κ2) is 5.67. The summed E-state index contributed by atoms with van der Waals surface area (Å²) in [6.45, 7) is 0. The smallest absolute Gasteiger partial charge is 0.0234 e. The van der Waals surface area contributed by atoms with Crippen LogP contribution in [0.15, 0.2) is 0 Å². The molecule has 6 atom stereocenters. The lowest BCUT2D eigenvalue weighted by atomic mass is 9.73. The second-order valence-electron chi connectivity index (χ2n) is 7.92. The summed E-state index contributed by atoms with van der Waals surface area (Å²) in [4.78, 5) is 0. The van der Waals surface area contributed by atoms with Gasteiger partial charge in [0, 0.05) is 0 Å². The highest BCUT2D eigenvalue weighted by Crippen LogP contribution is 2.59. The van der Waals surface area contributed by atoms with Crippen LogP contribution in [-0.2, 0) is 0 Å². The summed E-state index contributed by atoms with van der Waals surface area (Å²) in [5, 5.41) is 0. The van der Waals surface area contributed by atoms with Crippen molar-refractivity contribution in [3.8, 4) is 0 Å². The molecule has 1 heteroatoms. The van der Waals surface area contributed by atoms with Crippen LogP contribution in [0, 0.1) is 29.6 Å². The van der Waals surface area contributed by atoms with E-state index in [1.807, 2.05) is 0 Å². The third kappa shape index (κ3) is 2.41. The van der Waals surface area contributed by atoms with Crippen LogP contribution in [0.1, 0.15) is 70.6 Å². The molecule has 0 aromatic carbocycles. The molecule has 0 bridgehead atoms. The van der Waals surface area contributed by atoms with Crippen molar-refractivity contribution < 1.29 is 0 Å². The molecule has 3 aliphatic carbocycles. The van der Waals surface area contributed by atoms with Crippen molar-refractivity contribution in [3.63, 3.8) is 0 Å². The van der Waals surface area contributed by atoms with E-state index in [9.17, 15) is 0 Å². The maximum absolute atomic E-state index is 1.65. The Balaban J connectivity index is 1.52. The van der Waals surface area contributed by atoms with Crippen LogP contribution in [0.2, 0.25) is 0 Å². The zero-order valence-electron chi connectivity index (χ0n) is 12.4. The van der Waals surface area contributed by atoms with Crippen molar-refractivity contribution in [3.05, 3.63) is 0 Å². The van der Waals surface area contributed by atoms with Gasteiger partial charge >= 0.3 is 0 Å². The predicted octanol–water partition coefficient (Wildman–Crippen LogP) is 5.46. The van der Waals surface area contributed by atoms with Gasteiger partial charge in [-0.1, -0.05) is 25.7 Å². The van der Waals surface area contributed by atoms with Crippen molar-refractivity contribution in [2.45, 2.75) is 76.3 Å². The quantitative estimate of drug-likeness (QED) is 0.588. The van der Waals surface area contributed by atoms with Crippen molar-refractivity contribution in [1.29, 1.82) is 0 Å². The van der Waals surface area contributed by atoms with E-state index in [1.54, 1.807) is 76.8 Å². The molecule has 4 fully saturated rings. The van der Waals surface area contributed by atoms with Gasteiger partial charge in [-0.3, -0.25) is 0 Å². The Morgan fingerprint density at radius 2 is 1.21 bits per heavy atom. The Morgan fingerprint density at radius 3 is 1.74 bits per heavy atom. The molecule has 0 nitrogen and oxygen atoms in total. The van der Waals surface area contributed by atoms with Gasteiger partial charge in [0.1, 0.15) is 0 Å². The lowest BCUT2D eigenvalue weighted by molar-refractivity contribution is 0.184. The van der Waals surface area contributed by atoms with Crippen molar-refractivity contribution in [2.24, 2.45) is 29.6 Å². The summed E-state index contributed by atoms with van der Waals surface area (Å²) in [5.74, 6) is 5.87. The zero-order valence-corrected chi connectivity index (χ0v) is 13.4. The summed E-state index contributed by atoms with van der Waals surface area (Å²) < 4.78 is 0. The molecule has 0 amide bonds. The van der Waals surface area contributed by atoms with Crippen LogP contribution in [0.5, 0.6) is 0 Å². The topological polar surface area (TPSA) is 0 Å². The SMILES string of the molecule is C1CPC(CC2C3CCCCC3C3CCCCC32)C1. The van der Waals surface area contributed by atoms with Gasteiger partial charge < -0.3 is 0 Å². The number of hydrogen-bond acceptors (Lipinski definition) is 0. The molecule has 4 rings (SSSR count). The van der Waals surface area contributed by atoms with Crippen molar-refractivity contribution in [1.82, 2.24) is 0 Å². The van der Waals surface area contributed by atoms with Crippen LogP contribution in [-0.4, -0.2) is 11.8 Å². The molecule has 3 saturated carbocycles. The number of fused-ring (bicyclic) bond motifs is 3. The van der Waals surface area contributed by atoms with Gasteiger partial charge in [0.05, 0.1) is 0 Å². The lowest BCUT2D eigenvalue weighted by Crippen LogP contribution is -2.23. The van der Waals surface area contributed by atoms with Crippen LogP contribution >= 0.6 is 8.58 Å². The Kier molecular flexibility index (Phi) is 3.91. The molecule has 0 aromatic heterocycles. The van der Waals surface area contributed by atoms with Crippen LogP contribution in [0.3, 0.4) is 0 Å². The Bertz CT molecular complexity index is 285. The summed E-state index contributed by atoms with van der Waals surface area (Å²) >= 11 is 0. The van der Waals surface area contributed by atoms with Crippen LogP contribution in [0.25, 0.3) is 0 Å². The minimum atomic E-state index is 1.16. The fourth-order valence-electron chi connectivity index (χ4n) is 6.46. The summed E-state index contributed by atoms with van der Waals surface area (Å²) in [6, 6.07) is 0. The van der Waals surface area contributed by atoms with Gasteiger partial charge in [0.15, 0.2) is 0 Å². The van der Waals surface area contributed by atoms with Crippen LogP contribution in [0.4, 0.5) is 0 Å². The lowest BCUT2D eigenvalue weighted by Gasteiger charge is -2.32. The van der Waals surface area contributed by atoms with Gasteiger partial charge in [-0.25, -0.2) is 0 Å². The molecule has 1 heterocycles. The zero-order chi connectivity index (χ0) is 12.7. The molecule has 0 spiro atoms. The first-order valence-electron chi connectivity index (χ1n) is 9.17. The first kappa shape index (κ1) is 13.1. The minimum absolute atomic E-state index is 1.16. The molecule has 1 saturated heterocycles.